The van der Waals surface area contributed by atoms with Crippen LogP contribution >= 0.6 is 0 Å². The van der Waals surface area contributed by atoms with Crippen molar-refractivity contribution in [1.82, 2.24) is 4.57 Å². The maximum Gasteiger partial charge on any atom is 0.231 e. The summed E-state index contributed by atoms with van der Waals surface area (Å²) in [6.45, 7) is 0.170. The van der Waals surface area contributed by atoms with Crippen LogP contribution < -0.4 is 9.47 Å². The van der Waals surface area contributed by atoms with Gasteiger partial charge in [-0.3, -0.25) is 4.79 Å². The molecule has 0 aliphatic carbocycles. The van der Waals surface area contributed by atoms with Crippen molar-refractivity contribution in [3.05, 3.63) is 77.9 Å². The Morgan fingerprint density at radius 2 is 1.87 bits per heavy atom. The molecule has 0 fully saturated rings. The molecule has 0 atom stereocenters. The number of nitrogens with zero attached hydrogens (tertiary/aromatic N) is 1. The number of carbonyl (C=O) groups is 1. The summed E-state index contributed by atoms with van der Waals surface area (Å²) in [4.78, 5) is 12.6. The van der Waals surface area contributed by atoms with E-state index < -0.39 is 0 Å². The summed E-state index contributed by atoms with van der Waals surface area (Å²) >= 11 is 0. The van der Waals surface area contributed by atoms with Crippen LogP contribution in [0.2, 0.25) is 0 Å². The quantitative estimate of drug-likeness (QED) is 0.694. The first-order valence-corrected chi connectivity index (χ1v) is 7.09. The van der Waals surface area contributed by atoms with Crippen molar-refractivity contribution in [2.45, 2.75) is 0 Å². The van der Waals surface area contributed by atoms with E-state index in [1.165, 1.54) is 12.1 Å². The molecule has 1 aliphatic heterocycles. The van der Waals surface area contributed by atoms with Gasteiger partial charge in [-0.15, -0.1) is 0 Å². The molecular formula is C18H12FNO3. The van der Waals surface area contributed by atoms with Gasteiger partial charge in [-0.05, 0) is 42.5 Å². The molecule has 114 valence electrons. The predicted octanol–water partition coefficient (Wildman–Crippen LogP) is 3.58. The molecule has 0 spiro atoms. The molecule has 0 saturated carbocycles. The topological polar surface area (TPSA) is 40.5 Å². The fraction of sp³-hybridized carbons (Fsp3) is 0.0556. The summed E-state index contributed by atoms with van der Waals surface area (Å²) in [6.07, 6.45) is 3.41. The average Bonchev–Trinajstić information content (AvgIpc) is 3.22. The minimum absolute atomic E-state index is 0.126. The summed E-state index contributed by atoms with van der Waals surface area (Å²) in [7, 11) is 0. The lowest BCUT2D eigenvalue weighted by atomic mass is 10.1. The number of benzene rings is 2. The molecule has 0 amide bonds. The van der Waals surface area contributed by atoms with Gasteiger partial charge in [0.1, 0.15) is 5.82 Å². The van der Waals surface area contributed by atoms with E-state index in [1.54, 1.807) is 53.4 Å². The summed E-state index contributed by atoms with van der Waals surface area (Å²) in [6, 6.07) is 13.0. The van der Waals surface area contributed by atoms with Gasteiger partial charge in [0.15, 0.2) is 17.3 Å². The van der Waals surface area contributed by atoms with Crippen LogP contribution in [0.3, 0.4) is 0 Å². The van der Waals surface area contributed by atoms with Crippen LogP contribution in [0, 0.1) is 5.82 Å². The van der Waals surface area contributed by atoms with Crippen molar-refractivity contribution >= 4 is 5.78 Å². The standard InChI is InChI=1S/C18H12FNO3/c19-14-2-1-3-15(9-14)20-7-6-13(10-20)18(21)12-4-5-16-17(8-12)23-11-22-16/h1-10H,11H2. The molecule has 23 heavy (non-hydrogen) atoms. The zero-order chi connectivity index (χ0) is 15.8. The Morgan fingerprint density at radius 3 is 2.74 bits per heavy atom. The number of halogens is 1. The van der Waals surface area contributed by atoms with Crippen LogP contribution in [0.25, 0.3) is 5.69 Å². The maximum absolute atomic E-state index is 13.3. The molecule has 1 aliphatic rings. The highest BCUT2D eigenvalue weighted by molar-refractivity contribution is 6.09. The molecule has 4 nitrogen and oxygen atoms in total. The van der Waals surface area contributed by atoms with E-state index in [1.807, 2.05) is 0 Å². The smallest absolute Gasteiger partial charge is 0.231 e. The second-order valence-electron chi connectivity index (χ2n) is 5.18. The van der Waals surface area contributed by atoms with E-state index in [-0.39, 0.29) is 18.4 Å². The number of ether oxygens (including phenoxy) is 2. The van der Waals surface area contributed by atoms with Crippen molar-refractivity contribution < 1.29 is 18.7 Å². The fourth-order valence-electron chi connectivity index (χ4n) is 2.53. The summed E-state index contributed by atoms with van der Waals surface area (Å²) in [5.41, 5.74) is 1.70. The third-order valence-corrected chi connectivity index (χ3v) is 3.70. The van der Waals surface area contributed by atoms with Crippen LogP contribution in [-0.2, 0) is 0 Å². The fourth-order valence-corrected chi connectivity index (χ4v) is 2.53. The first-order valence-electron chi connectivity index (χ1n) is 7.09. The molecule has 5 heteroatoms. The lowest BCUT2D eigenvalue weighted by Crippen LogP contribution is -2.00. The highest BCUT2D eigenvalue weighted by Gasteiger charge is 2.17. The average molecular weight is 309 g/mol. The van der Waals surface area contributed by atoms with Crippen LogP contribution in [-0.4, -0.2) is 17.1 Å². The van der Waals surface area contributed by atoms with Gasteiger partial charge in [-0.1, -0.05) is 6.07 Å². The Hall–Kier alpha value is -3.08. The number of hydrogen-bond acceptors (Lipinski definition) is 3. The van der Waals surface area contributed by atoms with Crippen molar-refractivity contribution in [1.29, 1.82) is 0 Å². The largest absolute Gasteiger partial charge is 0.454 e. The third kappa shape index (κ3) is 2.46. The molecule has 3 aromatic rings. The van der Waals surface area contributed by atoms with Gasteiger partial charge in [0.2, 0.25) is 6.79 Å². The van der Waals surface area contributed by atoms with E-state index in [0.29, 0.717) is 28.3 Å². The Labute approximate surface area is 131 Å². The van der Waals surface area contributed by atoms with Crippen molar-refractivity contribution in [3.8, 4) is 17.2 Å². The molecule has 0 radical (unpaired) electrons. The van der Waals surface area contributed by atoms with Crippen LogP contribution in [0.5, 0.6) is 11.5 Å². The zero-order valence-corrected chi connectivity index (χ0v) is 12.0. The van der Waals surface area contributed by atoms with Crippen molar-refractivity contribution in [3.63, 3.8) is 0 Å². The van der Waals surface area contributed by atoms with Crippen molar-refractivity contribution in [2.24, 2.45) is 0 Å². The number of ketones is 1. The Kier molecular flexibility index (Phi) is 3.12. The highest BCUT2D eigenvalue weighted by atomic mass is 19.1. The monoisotopic (exact) mass is 309 g/mol. The van der Waals surface area contributed by atoms with Gasteiger partial charge in [0.05, 0.1) is 0 Å². The number of fused-ring (bicyclic) bond motifs is 1. The van der Waals surface area contributed by atoms with E-state index in [9.17, 15) is 9.18 Å². The molecule has 1 aromatic heterocycles. The SMILES string of the molecule is O=C(c1ccc2c(c1)OCO2)c1ccn(-c2cccc(F)c2)c1. The Morgan fingerprint density at radius 1 is 1.00 bits per heavy atom. The molecule has 0 saturated heterocycles. The lowest BCUT2D eigenvalue weighted by molar-refractivity contribution is 0.103. The minimum atomic E-state index is -0.320. The second kappa shape index (κ2) is 5.28. The van der Waals surface area contributed by atoms with E-state index >= 15 is 0 Å². The van der Waals surface area contributed by atoms with Crippen LogP contribution in [0.15, 0.2) is 60.9 Å². The molecule has 0 N–H and O–H groups in total. The third-order valence-electron chi connectivity index (χ3n) is 3.70. The first kappa shape index (κ1) is 13.6. The first-order chi connectivity index (χ1) is 11.2. The number of hydrogen-bond donors (Lipinski definition) is 0. The van der Waals surface area contributed by atoms with E-state index in [4.69, 9.17) is 9.47 Å². The number of carbonyl (C=O) groups excluding carboxylic acids is 1. The normalized spacial score (nSPS) is 12.4. The Balaban J connectivity index is 1.65. The van der Waals surface area contributed by atoms with Gasteiger partial charge in [-0.25, -0.2) is 4.39 Å². The Bertz CT molecular complexity index is 901. The summed E-state index contributed by atoms with van der Waals surface area (Å²) < 4.78 is 25.5. The van der Waals surface area contributed by atoms with Crippen LogP contribution in [0.4, 0.5) is 4.39 Å². The van der Waals surface area contributed by atoms with Crippen LogP contribution in [0.1, 0.15) is 15.9 Å². The van der Waals surface area contributed by atoms with Gasteiger partial charge < -0.3 is 14.0 Å². The van der Waals surface area contributed by atoms with Gasteiger partial charge >= 0.3 is 0 Å². The molecular weight excluding hydrogens is 297 g/mol. The van der Waals surface area contributed by atoms with Gasteiger partial charge in [-0.2, -0.15) is 0 Å². The molecule has 0 unspecified atom stereocenters. The summed E-state index contributed by atoms with van der Waals surface area (Å²) in [5, 5.41) is 0. The molecule has 0 bridgehead atoms. The minimum Gasteiger partial charge on any atom is -0.454 e. The molecule has 2 heterocycles. The molecule has 4 rings (SSSR count). The maximum atomic E-state index is 13.3. The zero-order valence-electron chi connectivity index (χ0n) is 12.0. The van der Waals surface area contributed by atoms with E-state index in [2.05, 4.69) is 0 Å². The predicted molar refractivity (Wildman–Crippen MR) is 81.7 cm³/mol. The van der Waals surface area contributed by atoms with Gasteiger partial charge in [0.25, 0.3) is 0 Å². The lowest BCUT2D eigenvalue weighted by Gasteiger charge is -2.03. The number of aromatic nitrogens is 1. The van der Waals surface area contributed by atoms with Gasteiger partial charge in [0, 0.05) is 29.2 Å². The second-order valence-corrected chi connectivity index (χ2v) is 5.18. The highest BCUT2D eigenvalue weighted by Crippen LogP contribution is 2.33. The number of rotatable bonds is 3. The van der Waals surface area contributed by atoms with E-state index in [0.717, 1.165) is 0 Å². The van der Waals surface area contributed by atoms with Crippen molar-refractivity contribution in [2.75, 3.05) is 6.79 Å². The summed E-state index contributed by atoms with van der Waals surface area (Å²) in [5.74, 6) is 0.762. The molecule has 2 aromatic carbocycles.